The van der Waals surface area contributed by atoms with E-state index in [1.165, 1.54) is 12.1 Å². The van der Waals surface area contributed by atoms with Crippen LogP contribution < -0.4 is 4.74 Å². The normalized spacial score (nSPS) is 12.3. The lowest BCUT2D eigenvalue weighted by Crippen LogP contribution is -2.18. The van der Waals surface area contributed by atoms with Gasteiger partial charge in [-0.05, 0) is 17.7 Å². The molecule has 0 spiro atoms. The lowest BCUT2D eigenvalue weighted by Gasteiger charge is -2.18. The molecule has 1 aromatic heterocycles. The van der Waals surface area contributed by atoms with Crippen molar-refractivity contribution in [3.63, 3.8) is 0 Å². The Balaban J connectivity index is 2.72. The van der Waals surface area contributed by atoms with Crippen LogP contribution in [0.3, 0.4) is 0 Å². The summed E-state index contributed by atoms with van der Waals surface area (Å²) in [6.07, 6.45) is -9.16. The average Bonchev–Trinajstić information content (AvgIpc) is 2.44. The number of hydrogen-bond donors (Lipinski definition) is 1. The van der Waals surface area contributed by atoms with E-state index in [-0.39, 0.29) is 5.56 Å². The van der Waals surface area contributed by atoms with Gasteiger partial charge in [0.2, 0.25) is 0 Å². The molecule has 3 nitrogen and oxygen atoms in total. The Morgan fingerprint density at radius 1 is 1.00 bits per heavy atom. The maximum absolute atomic E-state index is 13.1. The van der Waals surface area contributed by atoms with Crippen molar-refractivity contribution in [2.24, 2.45) is 0 Å². The number of para-hydroxylation sites is 1. The van der Waals surface area contributed by atoms with Crippen molar-refractivity contribution in [1.29, 1.82) is 0 Å². The minimum atomic E-state index is -5.07. The quantitative estimate of drug-likeness (QED) is 0.856. The molecule has 0 unspecified atom stereocenters. The van der Waals surface area contributed by atoms with Gasteiger partial charge in [-0.1, -0.05) is 18.2 Å². The SMILES string of the molecule is OCc1ccnc(C(F)(F)F)c1-c1ccccc1OC(F)(F)F. The summed E-state index contributed by atoms with van der Waals surface area (Å²) in [5, 5.41) is 9.24. The van der Waals surface area contributed by atoms with Gasteiger partial charge in [0, 0.05) is 17.3 Å². The largest absolute Gasteiger partial charge is 0.573 e. The predicted octanol–water partition coefficient (Wildman–Crippen LogP) is 4.16. The van der Waals surface area contributed by atoms with E-state index < -0.39 is 41.7 Å². The molecule has 124 valence electrons. The first-order chi connectivity index (χ1) is 10.6. The number of halogens is 6. The van der Waals surface area contributed by atoms with Crippen LogP contribution in [0.15, 0.2) is 36.5 Å². The maximum Gasteiger partial charge on any atom is 0.573 e. The summed E-state index contributed by atoms with van der Waals surface area (Å²) >= 11 is 0. The van der Waals surface area contributed by atoms with Crippen molar-refractivity contribution in [2.75, 3.05) is 0 Å². The van der Waals surface area contributed by atoms with E-state index in [9.17, 15) is 31.4 Å². The Hall–Kier alpha value is -2.29. The van der Waals surface area contributed by atoms with Crippen molar-refractivity contribution in [1.82, 2.24) is 4.98 Å². The number of ether oxygens (including phenoxy) is 1. The van der Waals surface area contributed by atoms with E-state index in [4.69, 9.17) is 0 Å². The molecule has 0 fully saturated rings. The molecule has 0 bridgehead atoms. The molecule has 0 saturated heterocycles. The highest BCUT2D eigenvalue weighted by atomic mass is 19.4. The van der Waals surface area contributed by atoms with Crippen LogP contribution in [0, 0.1) is 0 Å². The number of nitrogens with zero attached hydrogens (tertiary/aromatic N) is 1. The molecule has 0 aliphatic rings. The Kier molecular flexibility index (Phi) is 4.51. The molecule has 23 heavy (non-hydrogen) atoms. The summed E-state index contributed by atoms with van der Waals surface area (Å²) in [5.41, 5.74) is -2.73. The standard InChI is InChI=1S/C14H9F6NO2/c15-13(16,17)12-11(8(7-22)5-6-21-12)9-3-1-2-4-10(9)23-14(18,19)20/h1-6,22H,7H2. The summed E-state index contributed by atoms with van der Waals surface area (Å²) in [5.74, 6) is -0.812. The molecule has 9 heteroatoms. The first-order valence-corrected chi connectivity index (χ1v) is 6.14. The second kappa shape index (κ2) is 6.07. The zero-order chi connectivity index (χ0) is 17.3. The minimum Gasteiger partial charge on any atom is -0.405 e. The van der Waals surface area contributed by atoms with Gasteiger partial charge in [0.25, 0.3) is 0 Å². The lowest BCUT2D eigenvalue weighted by molar-refractivity contribution is -0.274. The second-order valence-corrected chi connectivity index (χ2v) is 4.39. The van der Waals surface area contributed by atoms with Gasteiger partial charge in [0.1, 0.15) is 5.75 Å². The molecule has 2 aromatic rings. The third-order valence-corrected chi connectivity index (χ3v) is 2.86. The van der Waals surface area contributed by atoms with Gasteiger partial charge in [-0.2, -0.15) is 13.2 Å². The van der Waals surface area contributed by atoms with Crippen LogP contribution >= 0.6 is 0 Å². The smallest absolute Gasteiger partial charge is 0.405 e. The van der Waals surface area contributed by atoms with Gasteiger partial charge < -0.3 is 9.84 Å². The highest BCUT2D eigenvalue weighted by Crippen LogP contribution is 2.42. The number of rotatable bonds is 3. The number of benzene rings is 1. The molecular formula is C14H9F6NO2. The fourth-order valence-corrected chi connectivity index (χ4v) is 2.04. The van der Waals surface area contributed by atoms with E-state index in [0.29, 0.717) is 0 Å². The fraction of sp³-hybridized carbons (Fsp3) is 0.214. The molecule has 0 aliphatic carbocycles. The summed E-state index contributed by atoms with van der Waals surface area (Å²) < 4.78 is 80.4. The van der Waals surface area contributed by atoms with Crippen molar-refractivity contribution in [3.05, 3.63) is 47.8 Å². The Labute approximate surface area is 126 Å². The average molecular weight is 337 g/mol. The van der Waals surface area contributed by atoms with E-state index in [1.807, 2.05) is 0 Å². The van der Waals surface area contributed by atoms with Crippen molar-refractivity contribution < 1.29 is 36.2 Å². The van der Waals surface area contributed by atoms with E-state index >= 15 is 0 Å². The summed E-state index contributed by atoms with van der Waals surface area (Å²) in [6.45, 7) is -0.804. The number of alkyl halides is 6. The van der Waals surface area contributed by atoms with Crippen LogP contribution in [0.1, 0.15) is 11.3 Å². The number of aromatic nitrogens is 1. The van der Waals surface area contributed by atoms with E-state index in [0.717, 1.165) is 24.4 Å². The van der Waals surface area contributed by atoms with Crippen LogP contribution in [0.5, 0.6) is 5.75 Å². The van der Waals surface area contributed by atoms with Crippen molar-refractivity contribution in [2.45, 2.75) is 19.1 Å². The van der Waals surface area contributed by atoms with Crippen LogP contribution in [-0.2, 0) is 12.8 Å². The highest BCUT2D eigenvalue weighted by Gasteiger charge is 2.38. The number of pyridine rings is 1. The number of aliphatic hydroxyl groups excluding tert-OH is 1. The van der Waals surface area contributed by atoms with Gasteiger partial charge in [0.15, 0.2) is 5.69 Å². The summed E-state index contributed by atoms with van der Waals surface area (Å²) in [7, 11) is 0. The summed E-state index contributed by atoms with van der Waals surface area (Å²) in [6, 6.07) is 5.46. The molecule has 2 rings (SSSR count). The number of aliphatic hydroxyl groups is 1. The third-order valence-electron chi connectivity index (χ3n) is 2.86. The third kappa shape index (κ3) is 3.92. The molecular weight excluding hydrogens is 328 g/mol. The van der Waals surface area contributed by atoms with E-state index in [2.05, 4.69) is 9.72 Å². The predicted molar refractivity (Wildman–Crippen MR) is 67.3 cm³/mol. The first kappa shape index (κ1) is 17.1. The van der Waals surface area contributed by atoms with Gasteiger partial charge in [-0.3, -0.25) is 4.98 Å². The van der Waals surface area contributed by atoms with Crippen molar-refractivity contribution in [3.8, 4) is 16.9 Å². The summed E-state index contributed by atoms with van der Waals surface area (Å²) in [4.78, 5) is 3.20. The van der Waals surface area contributed by atoms with Crippen LogP contribution in [0.4, 0.5) is 26.3 Å². The monoisotopic (exact) mass is 337 g/mol. The van der Waals surface area contributed by atoms with Gasteiger partial charge >= 0.3 is 12.5 Å². The first-order valence-electron chi connectivity index (χ1n) is 6.14. The zero-order valence-electron chi connectivity index (χ0n) is 11.2. The topological polar surface area (TPSA) is 42.4 Å². The molecule has 1 heterocycles. The molecule has 0 amide bonds. The van der Waals surface area contributed by atoms with E-state index in [1.54, 1.807) is 0 Å². The molecule has 0 aliphatic heterocycles. The lowest BCUT2D eigenvalue weighted by atomic mass is 9.97. The maximum atomic E-state index is 13.1. The molecule has 0 radical (unpaired) electrons. The number of hydrogen-bond acceptors (Lipinski definition) is 3. The Morgan fingerprint density at radius 3 is 2.22 bits per heavy atom. The Morgan fingerprint density at radius 2 is 1.65 bits per heavy atom. The molecule has 1 N–H and O–H groups in total. The highest BCUT2D eigenvalue weighted by molar-refractivity contribution is 5.75. The van der Waals surface area contributed by atoms with Crippen LogP contribution in [-0.4, -0.2) is 16.5 Å². The second-order valence-electron chi connectivity index (χ2n) is 4.39. The van der Waals surface area contributed by atoms with Crippen LogP contribution in [0.2, 0.25) is 0 Å². The molecule has 1 aromatic carbocycles. The van der Waals surface area contributed by atoms with Crippen molar-refractivity contribution >= 4 is 0 Å². The Bertz CT molecular complexity index is 696. The minimum absolute atomic E-state index is 0.217. The molecule has 0 atom stereocenters. The van der Waals surface area contributed by atoms with Crippen LogP contribution in [0.25, 0.3) is 11.1 Å². The molecule has 0 saturated carbocycles. The van der Waals surface area contributed by atoms with Gasteiger partial charge in [-0.25, -0.2) is 0 Å². The fourth-order valence-electron chi connectivity index (χ4n) is 2.04. The van der Waals surface area contributed by atoms with Gasteiger partial charge in [-0.15, -0.1) is 13.2 Å². The van der Waals surface area contributed by atoms with Gasteiger partial charge in [0.05, 0.1) is 6.61 Å². The zero-order valence-corrected chi connectivity index (χ0v) is 11.2.